The third-order valence-corrected chi connectivity index (χ3v) is 3.94. The van der Waals surface area contributed by atoms with Gasteiger partial charge in [0.15, 0.2) is 0 Å². The summed E-state index contributed by atoms with van der Waals surface area (Å²) in [5.41, 5.74) is 7.31. The summed E-state index contributed by atoms with van der Waals surface area (Å²) in [6.45, 7) is 1.44. The van der Waals surface area contributed by atoms with Crippen LogP contribution < -0.4 is 5.73 Å². The van der Waals surface area contributed by atoms with Crippen molar-refractivity contribution in [3.63, 3.8) is 0 Å². The Balaban J connectivity index is 1.88. The summed E-state index contributed by atoms with van der Waals surface area (Å²) in [6.07, 6.45) is 3.15. The number of carboxylic acid groups (broad SMARTS) is 1. The molecule has 2 rings (SSSR count). The second-order valence-corrected chi connectivity index (χ2v) is 5.70. The van der Waals surface area contributed by atoms with Crippen LogP contribution in [0.5, 0.6) is 0 Å². The first-order valence-corrected chi connectivity index (χ1v) is 7.38. The first kappa shape index (κ1) is 15.4. The number of nitrogens with two attached hydrogens (primary N) is 1. The normalized spacial score (nSPS) is 18.5. The lowest BCUT2D eigenvalue weighted by Gasteiger charge is -2.32. The van der Waals surface area contributed by atoms with Gasteiger partial charge < -0.3 is 15.7 Å². The summed E-state index contributed by atoms with van der Waals surface area (Å²) in [5, 5.41) is 8.75. The number of anilines is 1. The zero-order chi connectivity index (χ0) is 15.2. The van der Waals surface area contributed by atoms with Crippen LogP contribution in [0.25, 0.3) is 0 Å². The Kier molecular flexibility index (Phi) is 5.20. The number of hydrogen-bond acceptors (Lipinski definition) is 3. The largest absolute Gasteiger partial charge is 0.481 e. The predicted molar refractivity (Wildman–Crippen MR) is 80.7 cm³/mol. The van der Waals surface area contributed by atoms with E-state index in [1.165, 1.54) is 0 Å². The Morgan fingerprint density at radius 3 is 2.90 bits per heavy atom. The number of rotatable bonds is 5. The Morgan fingerprint density at radius 2 is 2.19 bits per heavy atom. The van der Waals surface area contributed by atoms with E-state index in [-0.39, 0.29) is 12.3 Å². The van der Waals surface area contributed by atoms with Gasteiger partial charge in [-0.25, -0.2) is 0 Å². The summed E-state index contributed by atoms with van der Waals surface area (Å²) in [6, 6.07) is 7.38. The van der Waals surface area contributed by atoms with Gasteiger partial charge in [0.25, 0.3) is 0 Å². The molecule has 1 aromatic carbocycles. The molecule has 0 saturated carbocycles. The summed E-state index contributed by atoms with van der Waals surface area (Å²) in [4.78, 5) is 24.8. The van der Waals surface area contributed by atoms with Crippen LogP contribution >= 0.6 is 0 Å². The van der Waals surface area contributed by atoms with E-state index < -0.39 is 5.97 Å². The minimum absolute atomic E-state index is 0.0978. The predicted octanol–water partition coefficient (Wildman–Crippen LogP) is 1.91. The fraction of sp³-hybridized carbons (Fsp3) is 0.500. The Morgan fingerprint density at radius 1 is 1.38 bits per heavy atom. The second-order valence-electron chi connectivity index (χ2n) is 5.70. The van der Waals surface area contributed by atoms with Gasteiger partial charge in [-0.05, 0) is 42.9 Å². The molecule has 5 heteroatoms. The van der Waals surface area contributed by atoms with Crippen molar-refractivity contribution in [2.75, 3.05) is 18.8 Å². The first-order valence-electron chi connectivity index (χ1n) is 7.38. The number of nitrogens with zero attached hydrogens (tertiary/aromatic N) is 1. The van der Waals surface area contributed by atoms with E-state index in [9.17, 15) is 9.59 Å². The molecule has 5 nitrogen and oxygen atoms in total. The van der Waals surface area contributed by atoms with E-state index in [2.05, 4.69) is 0 Å². The van der Waals surface area contributed by atoms with Crippen LogP contribution in [-0.2, 0) is 16.0 Å². The van der Waals surface area contributed by atoms with Crippen molar-refractivity contribution in [1.29, 1.82) is 0 Å². The van der Waals surface area contributed by atoms with Crippen LogP contribution in [0.15, 0.2) is 24.3 Å². The summed E-state index contributed by atoms with van der Waals surface area (Å²) in [7, 11) is 0. The summed E-state index contributed by atoms with van der Waals surface area (Å²) < 4.78 is 0. The molecule has 1 aliphatic rings. The second kappa shape index (κ2) is 7.11. The minimum Gasteiger partial charge on any atom is -0.481 e. The number of carbonyl (C=O) groups excluding carboxylic acids is 1. The number of amides is 1. The van der Waals surface area contributed by atoms with Crippen LogP contribution in [0.1, 0.15) is 31.2 Å². The molecule has 3 N–H and O–H groups in total. The van der Waals surface area contributed by atoms with Crippen molar-refractivity contribution < 1.29 is 14.7 Å². The fourth-order valence-corrected chi connectivity index (χ4v) is 2.84. The maximum atomic E-state index is 12.3. The van der Waals surface area contributed by atoms with Crippen molar-refractivity contribution in [1.82, 2.24) is 4.90 Å². The third-order valence-electron chi connectivity index (χ3n) is 3.94. The standard InChI is InChI=1S/C16H22N2O3/c17-14-5-1-3-13(9-14)10-15(19)18-8-2-4-12(11-18)6-7-16(20)21/h1,3,5,9,12H,2,4,6-8,10-11,17H2,(H,20,21). The van der Waals surface area contributed by atoms with E-state index in [1.54, 1.807) is 6.07 Å². The number of aliphatic carboxylic acids is 1. The van der Waals surface area contributed by atoms with E-state index in [1.807, 2.05) is 23.1 Å². The van der Waals surface area contributed by atoms with Gasteiger partial charge >= 0.3 is 5.97 Å². The number of carbonyl (C=O) groups is 2. The quantitative estimate of drug-likeness (QED) is 0.811. The Hall–Kier alpha value is -2.04. The molecule has 0 aromatic heterocycles. The van der Waals surface area contributed by atoms with Crippen LogP contribution in [0, 0.1) is 5.92 Å². The van der Waals surface area contributed by atoms with Gasteiger partial charge in [0.1, 0.15) is 0 Å². The number of piperidine rings is 1. The van der Waals surface area contributed by atoms with E-state index in [0.29, 0.717) is 31.0 Å². The average Bonchev–Trinajstić information content (AvgIpc) is 2.45. The highest BCUT2D eigenvalue weighted by Gasteiger charge is 2.24. The fourth-order valence-electron chi connectivity index (χ4n) is 2.84. The molecule has 1 aliphatic heterocycles. The first-order chi connectivity index (χ1) is 10.0. The lowest BCUT2D eigenvalue weighted by atomic mass is 9.93. The van der Waals surface area contributed by atoms with Gasteiger partial charge in [0.2, 0.25) is 5.91 Å². The highest BCUT2D eigenvalue weighted by Crippen LogP contribution is 2.22. The third kappa shape index (κ3) is 4.77. The van der Waals surface area contributed by atoms with E-state index >= 15 is 0 Å². The van der Waals surface area contributed by atoms with E-state index in [0.717, 1.165) is 24.9 Å². The molecule has 0 bridgehead atoms. The Bertz CT molecular complexity index is 516. The van der Waals surface area contributed by atoms with Gasteiger partial charge in [0, 0.05) is 25.2 Å². The van der Waals surface area contributed by atoms with Crippen LogP contribution in [-0.4, -0.2) is 35.0 Å². The van der Waals surface area contributed by atoms with Crippen LogP contribution in [0.3, 0.4) is 0 Å². The van der Waals surface area contributed by atoms with Crippen molar-refractivity contribution in [3.05, 3.63) is 29.8 Å². The molecule has 1 aromatic rings. The number of benzene rings is 1. The molecular weight excluding hydrogens is 268 g/mol. The maximum absolute atomic E-state index is 12.3. The lowest BCUT2D eigenvalue weighted by Crippen LogP contribution is -2.40. The lowest BCUT2D eigenvalue weighted by molar-refractivity contribution is -0.137. The monoisotopic (exact) mass is 290 g/mol. The SMILES string of the molecule is Nc1cccc(CC(=O)N2CCCC(CCC(=O)O)C2)c1. The van der Waals surface area contributed by atoms with Crippen LogP contribution in [0.2, 0.25) is 0 Å². The number of nitrogen functional groups attached to an aromatic ring is 1. The van der Waals surface area contributed by atoms with Crippen molar-refractivity contribution in [2.24, 2.45) is 5.92 Å². The van der Waals surface area contributed by atoms with Crippen molar-refractivity contribution in [2.45, 2.75) is 32.1 Å². The molecule has 1 atom stereocenters. The molecule has 1 unspecified atom stereocenters. The topological polar surface area (TPSA) is 83.6 Å². The molecule has 114 valence electrons. The zero-order valence-corrected chi connectivity index (χ0v) is 12.1. The molecule has 1 heterocycles. The smallest absolute Gasteiger partial charge is 0.303 e. The molecule has 1 amide bonds. The molecule has 0 aliphatic carbocycles. The zero-order valence-electron chi connectivity index (χ0n) is 12.1. The van der Waals surface area contributed by atoms with Gasteiger partial charge in [-0.3, -0.25) is 9.59 Å². The molecule has 1 fully saturated rings. The number of carboxylic acids is 1. The van der Waals surface area contributed by atoms with Gasteiger partial charge in [-0.2, -0.15) is 0 Å². The molecule has 1 saturated heterocycles. The van der Waals surface area contributed by atoms with Gasteiger partial charge in [-0.1, -0.05) is 12.1 Å². The van der Waals surface area contributed by atoms with Crippen LogP contribution in [0.4, 0.5) is 5.69 Å². The minimum atomic E-state index is -0.766. The molecule has 21 heavy (non-hydrogen) atoms. The van der Waals surface area contributed by atoms with E-state index in [4.69, 9.17) is 10.8 Å². The van der Waals surface area contributed by atoms with Crippen molar-refractivity contribution in [3.8, 4) is 0 Å². The van der Waals surface area contributed by atoms with Gasteiger partial charge in [0.05, 0.1) is 6.42 Å². The van der Waals surface area contributed by atoms with Crippen molar-refractivity contribution >= 4 is 17.6 Å². The summed E-state index contributed by atoms with van der Waals surface area (Å²) >= 11 is 0. The molecule has 0 radical (unpaired) electrons. The maximum Gasteiger partial charge on any atom is 0.303 e. The van der Waals surface area contributed by atoms with Gasteiger partial charge in [-0.15, -0.1) is 0 Å². The number of hydrogen-bond donors (Lipinski definition) is 2. The highest BCUT2D eigenvalue weighted by molar-refractivity contribution is 5.79. The highest BCUT2D eigenvalue weighted by atomic mass is 16.4. The Labute approximate surface area is 124 Å². The number of likely N-dealkylation sites (tertiary alicyclic amines) is 1. The summed E-state index contributed by atoms with van der Waals surface area (Å²) in [5.74, 6) is -0.363. The molecule has 0 spiro atoms. The molecular formula is C16H22N2O3. The average molecular weight is 290 g/mol.